The Labute approximate surface area is 98.9 Å². The Morgan fingerprint density at radius 1 is 1.31 bits per heavy atom. The van der Waals surface area contributed by atoms with Gasteiger partial charge in [-0.3, -0.25) is 0 Å². The third kappa shape index (κ3) is 3.19. The standard InChI is InChI=1S/C13H25NO2/c1-3-16-12-8-11(9-12)14-10-13(2)4-6-15-7-5-13/h11-12,14H,3-10H2,1-2H3. The molecule has 2 aliphatic rings. The fraction of sp³-hybridized carbons (Fsp3) is 1.00. The molecule has 0 unspecified atom stereocenters. The van der Waals surface area contributed by atoms with Gasteiger partial charge in [0.05, 0.1) is 6.10 Å². The van der Waals surface area contributed by atoms with Gasteiger partial charge in [-0.25, -0.2) is 0 Å². The van der Waals surface area contributed by atoms with Crippen molar-refractivity contribution in [3.63, 3.8) is 0 Å². The molecule has 0 atom stereocenters. The fourth-order valence-electron chi connectivity index (χ4n) is 2.54. The van der Waals surface area contributed by atoms with Crippen LogP contribution in [0.5, 0.6) is 0 Å². The highest BCUT2D eigenvalue weighted by Crippen LogP contribution is 2.30. The van der Waals surface area contributed by atoms with Crippen LogP contribution in [-0.2, 0) is 9.47 Å². The van der Waals surface area contributed by atoms with Gasteiger partial charge in [-0.15, -0.1) is 0 Å². The average molecular weight is 227 g/mol. The van der Waals surface area contributed by atoms with Gasteiger partial charge in [-0.2, -0.15) is 0 Å². The molecule has 0 bridgehead atoms. The summed E-state index contributed by atoms with van der Waals surface area (Å²) in [6, 6.07) is 0.691. The summed E-state index contributed by atoms with van der Waals surface area (Å²) in [4.78, 5) is 0. The van der Waals surface area contributed by atoms with Gasteiger partial charge in [0.15, 0.2) is 0 Å². The molecule has 0 amide bonds. The minimum absolute atomic E-state index is 0.453. The first-order valence-electron chi connectivity index (χ1n) is 6.64. The molecule has 1 heterocycles. The maximum Gasteiger partial charge on any atom is 0.0604 e. The molecule has 0 spiro atoms. The lowest BCUT2D eigenvalue weighted by atomic mass is 9.81. The molecule has 1 aliphatic heterocycles. The van der Waals surface area contributed by atoms with Crippen LogP contribution < -0.4 is 5.32 Å². The van der Waals surface area contributed by atoms with E-state index < -0.39 is 0 Å². The van der Waals surface area contributed by atoms with Crippen LogP contribution in [0.25, 0.3) is 0 Å². The Morgan fingerprint density at radius 3 is 2.62 bits per heavy atom. The molecule has 1 N–H and O–H groups in total. The molecule has 0 aromatic rings. The van der Waals surface area contributed by atoms with Crippen molar-refractivity contribution in [3.8, 4) is 0 Å². The first-order chi connectivity index (χ1) is 7.72. The van der Waals surface area contributed by atoms with Crippen molar-refractivity contribution in [1.82, 2.24) is 5.32 Å². The Morgan fingerprint density at radius 2 is 2.00 bits per heavy atom. The normalized spacial score (nSPS) is 33.4. The first-order valence-corrected chi connectivity index (χ1v) is 6.64. The van der Waals surface area contributed by atoms with E-state index >= 15 is 0 Å². The molecule has 2 fully saturated rings. The van der Waals surface area contributed by atoms with Crippen LogP contribution in [0.15, 0.2) is 0 Å². The van der Waals surface area contributed by atoms with Gasteiger partial charge in [-0.05, 0) is 38.0 Å². The van der Waals surface area contributed by atoms with Crippen LogP contribution in [0.3, 0.4) is 0 Å². The molecule has 0 aromatic heterocycles. The molecular weight excluding hydrogens is 202 g/mol. The number of hydrogen-bond donors (Lipinski definition) is 1. The molecule has 3 heteroatoms. The van der Waals surface area contributed by atoms with Crippen LogP contribution in [0.2, 0.25) is 0 Å². The third-order valence-corrected chi connectivity index (χ3v) is 4.01. The molecular formula is C13H25NO2. The van der Waals surface area contributed by atoms with E-state index in [0.29, 0.717) is 17.6 Å². The second-order valence-corrected chi connectivity index (χ2v) is 5.55. The number of rotatable bonds is 5. The summed E-state index contributed by atoms with van der Waals surface area (Å²) in [5.74, 6) is 0. The van der Waals surface area contributed by atoms with Crippen molar-refractivity contribution >= 4 is 0 Å². The van der Waals surface area contributed by atoms with E-state index in [4.69, 9.17) is 9.47 Å². The quantitative estimate of drug-likeness (QED) is 0.779. The summed E-state index contributed by atoms with van der Waals surface area (Å²) >= 11 is 0. The topological polar surface area (TPSA) is 30.5 Å². The highest BCUT2D eigenvalue weighted by Gasteiger charge is 2.32. The SMILES string of the molecule is CCOC1CC(NCC2(C)CCOCC2)C1. The summed E-state index contributed by atoms with van der Waals surface area (Å²) in [5, 5.41) is 3.68. The van der Waals surface area contributed by atoms with Gasteiger partial charge in [0.25, 0.3) is 0 Å². The minimum atomic E-state index is 0.453. The van der Waals surface area contributed by atoms with Crippen molar-refractivity contribution in [2.24, 2.45) is 5.41 Å². The van der Waals surface area contributed by atoms with Crippen molar-refractivity contribution in [2.45, 2.75) is 51.7 Å². The Kier molecular flexibility index (Phi) is 4.22. The zero-order valence-electron chi connectivity index (χ0n) is 10.6. The largest absolute Gasteiger partial charge is 0.381 e. The highest BCUT2D eigenvalue weighted by molar-refractivity contribution is 4.89. The zero-order valence-corrected chi connectivity index (χ0v) is 10.6. The molecule has 1 aliphatic carbocycles. The Balaban J connectivity index is 1.61. The predicted octanol–water partition coefficient (Wildman–Crippen LogP) is 1.96. The van der Waals surface area contributed by atoms with Crippen molar-refractivity contribution in [1.29, 1.82) is 0 Å². The second-order valence-electron chi connectivity index (χ2n) is 5.55. The molecule has 3 nitrogen and oxygen atoms in total. The van der Waals surface area contributed by atoms with Crippen molar-refractivity contribution in [2.75, 3.05) is 26.4 Å². The molecule has 1 saturated heterocycles. The van der Waals surface area contributed by atoms with Crippen LogP contribution in [0.4, 0.5) is 0 Å². The highest BCUT2D eigenvalue weighted by atomic mass is 16.5. The van der Waals surface area contributed by atoms with E-state index in [-0.39, 0.29) is 0 Å². The molecule has 1 saturated carbocycles. The lowest BCUT2D eigenvalue weighted by Crippen LogP contribution is -2.49. The van der Waals surface area contributed by atoms with Gasteiger partial charge < -0.3 is 14.8 Å². The number of ether oxygens (including phenoxy) is 2. The minimum Gasteiger partial charge on any atom is -0.381 e. The lowest BCUT2D eigenvalue weighted by molar-refractivity contribution is -0.0184. The van der Waals surface area contributed by atoms with Gasteiger partial charge in [0.1, 0.15) is 0 Å². The van der Waals surface area contributed by atoms with Gasteiger partial charge in [0, 0.05) is 32.4 Å². The maximum atomic E-state index is 5.56. The van der Waals surface area contributed by atoms with E-state index in [2.05, 4.69) is 19.2 Å². The molecule has 16 heavy (non-hydrogen) atoms. The van der Waals surface area contributed by atoms with Gasteiger partial charge >= 0.3 is 0 Å². The van der Waals surface area contributed by atoms with E-state index in [1.165, 1.54) is 25.7 Å². The zero-order chi connectivity index (χ0) is 11.4. The van der Waals surface area contributed by atoms with Crippen LogP contribution >= 0.6 is 0 Å². The van der Waals surface area contributed by atoms with E-state index in [1.54, 1.807) is 0 Å². The predicted molar refractivity (Wildman–Crippen MR) is 64.6 cm³/mol. The lowest BCUT2D eigenvalue weighted by Gasteiger charge is -2.40. The first kappa shape index (κ1) is 12.3. The van der Waals surface area contributed by atoms with Gasteiger partial charge in [0.2, 0.25) is 0 Å². The molecule has 0 radical (unpaired) electrons. The smallest absolute Gasteiger partial charge is 0.0604 e. The summed E-state index contributed by atoms with van der Waals surface area (Å²) in [5.41, 5.74) is 0.453. The monoisotopic (exact) mass is 227 g/mol. The van der Waals surface area contributed by atoms with E-state index in [1.807, 2.05) is 0 Å². The third-order valence-electron chi connectivity index (χ3n) is 4.01. The number of nitrogens with one attached hydrogen (secondary N) is 1. The Hall–Kier alpha value is -0.120. The average Bonchev–Trinajstić information content (AvgIpc) is 2.22. The summed E-state index contributed by atoms with van der Waals surface area (Å²) in [6.45, 7) is 8.31. The van der Waals surface area contributed by atoms with Crippen LogP contribution in [0.1, 0.15) is 39.5 Å². The van der Waals surface area contributed by atoms with Crippen LogP contribution in [-0.4, -0.2) is 38.5 Å². The molecule has 0 aromatic carbocycles. The van der Waals surface area contributed by atoms with Crippen LogP contribution in [0, 0.1) is 5.41 Å². The fourth-order valence-corrected chi connectivity index (χ4v) is 2.54. The molecule has 2 rings (SSSR count). The van der Waals surface area contributed by atoms with Crippen molar-refractivity contribution < 1.29 is 9.47 Å². The Bertz CT molecular complexity index is 208. The van der Waals surface area contributed by atoms with E-state index in [0.717, 1.165) is 26.4 Å². The maximum absolute atomic E-state index is 5.56. The summed E-state index contributed by atoms with van der Waals surface area (Å²) in [7, 11) is 0. The van der Waals surface area contributed by atoms with Crippen molar-refractivity contribution in [3.05, 3.63) is 0 Å². The second kappa shape index (κ2) is 5.48. The number of hydrogen-bond acceptors (Lipinski definition) is 3. The van der Waals surface area contributed by atoms with Gasteiger partial charge in [-0.1, -0.05) is 6.92 Å². The summed E-state index contributed by atoms with van der Waals surface area (Å²) in [6.07, 6.45) is 5.30. The summed E-state index contributed by atoms with van der Waals surface area (Å²) < 4.78 is 11.0. The van der Waals surface area contributed by atoms with E-state index in [9.17, 15) is 0 Å². The molecule has 94 valence electrons.